The summed E-state index contributed by atoms with van der Waals surface area (Å²) in [6.45, 7) is 2.22. The minimum atomic E-state index is -0.901. The summed E-state index contributed by atoms with van der Waals surface area (Å²) < 4.78 is 0. The third-order valence-electron chi connectivity index (χ3n) is 3.78. The van der Waals surface area contributed by atoms with Crippen LogP contribution in [0.3, 0.4) is 0 Å². The van der Waals surface area contributed by atoms with Gasteiger partial charge in [0.25, 0.3) is 0 Å². The zero-order chi connectivity index (χ0) is 14.5. The molecule has 1 amide bonds. The van der Waals surface area contributed by atoms with Gasteiger partial charge in [-0.25, -0.2) is 4.79 Å². The molecule has 5 nitrogen and oxygen atoms in total. The molecule has 1 atom stereocenters. The predicted octanol–water partition coefficient (Wildman–Crippen LogP) is 1.31. The third-order valence-corrected chi connectivity index (χ3v) is 3.78. The van der Waals surface area contributed by atoms with E-state index in [1.807, 2.05) is 12.1 Å². The third kappa shape index (κ3) is 3.57. The van der Waals surface area contributed by atoms with Gasteiger partial charge in [0.15, 0.2) is 0 Å². The number of piperidine rings is 1. The number of carbonyl (C=O) groups excluding carboxylic acids is 1. The summed E-state index contributed by atoms with van der Waals surface area (Å²) in [6.07, 6.45) is 2.14. The number of nitrogens with one attached hydrogen (secondary N) is 1. The minimum absolute atomic E-state index is 0.0341. The average molecular weight is 276 g/mol. The van der Waals surface area contributed by atoms with Crippen LogP contribution in [-0.4, -0.2) is 48.6 Å². The van der Waals surface area contributed by atoms with Crippen LogP contribution in [0.1, 0.15) is 34.7 Å². The first-order chi connectivity index (χ1) is 9.60. The Bertz CT molecular complexity index is 484. The van der Waals surface area contributed by atoms with E-state index in [0.29, 0.717) is 18.0 Å². The molecule has 0 radical (unpaired) electrons. The zero-order valence-corrected chi connectivity index (χ0v) is 11.6. The van der Waals surface area contributed by atoms with Crippen molar-refractivity contribution in [1.29, 1.82) is 0 Å². The summed E-state index contributed by atoms with van der Waals surface area (Å²) in [6, 6.07) is 7.07. The van der Waals surface area contributed by atoms with Gasteiger partial charge in [0.1, 0.15) is 0 Å². The number of aromatic carboxylic acids is 1. The van der Waals surface area contributed by atoms with Crippen molar-refractivity contribution in [2.45, 2.75) is 18.8 Å². The van der Waals surface area contributed by atoms with Crippen molar-refractivity contribution >= 4 is 11.9 Å². The number of benzene rings is 1. The summed E-state index contributed by atoms with van der Waals surface area (Å²) in [5.41, 5.74) is 1.46. The van der Waals surface area contributed by atoms with Gasteiger partial charge in [-0.2, -0.15) is 0 Å². The van der Waals surface area contributed by atoms with E-state index < -0.39 is 5.97 Å². The van der Waals surface area contributed by atoms with Crippen molar-refractivity contribution in [1.82, 2.24) is 10.2 Å². The van der Waals surface area contributed by atoms with Gasteiger partial charge in [0.2, 0.25) is 5.91 Å². The van der Waals surface area contributed by atoms with Crippen molar-refractivity contribution in [2.24, 2.45) is 0 Å². The molecule has 1 heterocycles. The van der Waals surface area contributed by atoms with Crippen LogP contribution in [0.15, 0.2) is 24.3 Å². The first-order valence-corrected chi connectivity index (χ1v) is 6.86. The number of nitrogens with zero attached hydrogens (tertiary/aromatic N) is 1. The van der Waals surface area contributed by atoms with Gasteiger partial charge in [-0.3, -0.25) is 9.69 Å². The molecular weight excluding hydrogens is 256 g/mol. The molecule has 1 saturated heterocycles. The van der Waals surface area contributed by atoms with E-state index >= 15 is 0 Å². The molecule has 108 valence electrons. The molecule has 5 heteroatoms. The molecule has 0 spiro atoms. The Balaban J connectivity index is 2.01. The molecule has 1 aliphatic heterocycles. The molecule has 2 N–H and O–H groups in total. The van der Waals surface area contributed by atoms with Crippen LogP contribution in [0.5, 0.6) is 0 Å². The fourth-order valence-corrected chi connectivity index (χ4v) is 2.65. The highest BCUT2D eigenvalue weighted by Crippen LogP contribution is 2.26. The lowest BCUT2D eigenvalue weighted by Crippen LogP contribution is -2.41. The lowest BCUT2D eigenvalue weighted by molar-refractivity contribution is -0.122. The standard InChI is InChI=1S/C15H20N2O3/c1-16-14(18)10-17-8-2-3-13(9-17)11-4-6-12(7-5-11)15(19)20/h4-7,13H,2-3,8-10H2,1H3,(H,16,18)(H,19,20)/t13-/m1/s1. The van der Waals surface area contributed by atoms with E-state index in [-0.39, 0.29) is 5.91 Å². The Morgan fingerprint density at radius 2 is 2.05 bits per heavy atom. The fourth-order valence-electron chi connectivity index (χ4n) is 2.65. The number of likely N-dealkylation sites (N-methyl/N-ethyl adjacent to an activating group) is 1. The largest absolute Gasteiger partial charge is 0.478 e. The Morgan fingerprint density at radius 3 is 2.65 bits per heavy atom. The lowest BCUT2D eigenvalue weighted by Gasteiger charge is -2.32. The lowest BCUT2D eigenvalue weighted by atomic mass is 9.90. The van der Waals surface area contributed by atoms with Crippen molar-refractivity contribution in [3.05, 3.63) is 35.4 Å². The van der Waals surface area contributed by atoms with Crippen LogP contribution in [0.2, 0.25) is 0 Å². The molecule has 0 saturated carbocycles. The number of carbonyl (C=O) groups is 2. The Morgan fingerprint density at radius 1 is 1.35 bits per heavy atom. The number of carboxylic acids is 1. The number of hydrogen-bond donors (Lipinski definition) is 2. The van der Waals surface area contributed by atoms with Gasteiger partial charge in [-0.15, -0.1) is 0 Å². The molecule has 1 aliphatic rings. The van der Waals surface area contributed by atoms with E-state index in [2.05, 4.69) is 10.2 Å². The van der Waals surface area contributed by atoms with E-state index in [1.54, 1.807) is 19.2 Å². The molecule has 1 aromatic carbocycles. The van der Waals surface area contributed by atoms with Gasteiger partial charge in [0.05, 0.1) is 12.1 Å². The molecule has 0 aliphatic carbocycles. The maximum Gasteiger partial charge on any atom is 0.335 e. The van der Waals surface area contributed by atoms with E-state index in [1.165, 1.54) is 0 Å². The van der Waals surface area contributed by atoms with Gasteiger partial charge >= 0.3 is 5.97 Å². The molecule has 20 heavy (non-hydrogen) atoms. The smallest absolute Gasteiger partial charge is 0.335 e. The quantitative estimate of drug-likeness (QED) is 0.870. The minimum Gasteiger partial charge on any atom is -0.478 e. The van der Waals surface area contributed by atoms with Crippen molar-refractivity contribution in [3.8, 4) is 0 Å². The summed E-state index contributed by atoms with van der Waals surface area (Å²) in [4.78, 5) is 24.4. The van der Waals surface area contributed by atoms with Gasteiger partial charge in [0, 0.05) is 13.6 Å². The Hall–Kier alpha value is -1.88. The van der Waals surface area contributed by atoms with Gasteiger partial charge in [-0.1, -0.05) is 12.1 Å². The average Bonchev–Trinajstić information content (AvgIpc) is 2.47. The second-order valence-electron chi connectivity index (χ2n) is 5.17. The second kappa shape index (κ2) is 6.52. The number of amides is 1. The van der Waals surface area contributed by atoms with E-state index in [9.17, 15) is 9.59 Å². The molecule has 0 bridgehead atoms. The monoisotopic (exact) mass is 276 g/mol. The van der Waals surface area contributed by atoms with Gasteiger partial charge in [-0.05, 0) is 43.0 Å². The maximum atomic E-state index is 11.4. The van der Waals surface area contributed by atoms with Crippen molar-refractivity contribution in [2.75, 3.05) is 26.7 Å². The molecule has 1 aromatic rings. The number of hydrogen-bond acceptors (Lipinski definition) is 3. The van der Waals surface area contributed by atoms with Crippen LogP contribution in [0, 0.1) is 0 Å². The maximum absolute atomic E-state index is 11.4. The summed E-state index contributed by atoms with van der Waals surface area (Å²) in [5, 5.41) is 11.5. The van der Waals surface area contributed by atoms with Crippen LogP contribution < -0.4 is 5.32 Å². The number of rotatable bonds is 4. The highest BCUT2D eigenvalue weighted by molar-refractivity contribution is 5.87. The fraction of sp³-hybridized carbons (Fsp3) is 0.467. The van der Waals surface area contributed by atoms with Gasteiger partial charge < -0.3 is 10.4 Å². The number of likely N-dealkylation sites (tertiary alicyclic amines) is 1. The molecule has 0 aromatic heterocycles. The summed E-state index contributed by atoms with van der Waals surface area (Å²) >= 11 is 0. The highest BCUT2D eigenvalue weighted by atomic mass is 16.4. The van der Waals surface area contributed by atoms with Crippen LogP contribution >= 0.6 is 0 Å². The van der Waals surface area contributed by atoms with Crippen LogP contribution in [-0.2, 0) is 4.79 Å². The van der Waals surface area contributed by atoms with Crippen molar-refractivity contribution in [3.63, 3.8) is 0 Å². The summed E-state index contributed by atoms with van der Waals surface area (Å²) in [7, 11) is 1.65. The zero-order valence-electron chi connectivity index (χ0n) is 11.6. The second-order valence-corrected chi connectivity index (χ2v) is 5.17. The van der Waals surface area contributed by atoms with E-state index in [0.717, 1.165) is 31.5 Å². The highest BCUT2D eigenvalue weighted by Gasteiger charge is 2.22. The van der Waals surface area contributed by atoms with E-state index in [4.69, 9.17) is 5.11 Å². The molecule has 1 fully saturated rings. The Labute approximate surface area is 118 Å². The predicted molar refractivity (Wildman–Crippen MR) is 75.9 cm³/mol. The van der Waals surface area contributed by atoms with Crippen LogP contribution in [0.25, 0.3) is 0 Å². The Kier molecular flexibility index (Phi) is 4.74. The molecule has 0 unspecified atom stereocenters. The SMILES string of the molecule is CNC(=O)CN1CCC[C@@H](c2ccc(C(=O)O)cc2)C1. The molecular formula is C15H20N2O3. The first kappa shape index (κ1) is 14.5. The summed E-state index contributed by atoms with van der Waals surface area (Å²) in [5.74, 6) is -0.496. The topological polar surface area (TPSA) is 69.6 Å². The normalized spacial score (nSPS) is 19.6. The molecule has 2 rings (SSSR count). The van der Waals surface area contributed by atoms with Crippen molar-refractivity contribution < 1.29 is 14.7 Å². The van der Waals surface area contributed by atoms with Crippen LogP contribution in [0.4, 0.5) is 0 Å². The first-order valence-electron chi connectivity index (χ1n) is 6.86. The number of carboxylic acid groups (broad SMARTS) is 1.